The van der Waals surface area contributed by atoms with Gasteiger partial charge in [-0.25, -0.2) is 17.8 Å². The van der Waals surface area contributed by atoms with Gasteiger partial charge in [0, 0.05) is 6.26 Å². The van der Waals surface area contributed by atoms with Crippen LogP contribution in [0, 0.1) is 12.7 Å². The summed E-state index contributed by atoms with van der Waals surface area (Å²) in [5.41, 5.74) is 2.13. The molecule has 0 bridgehead atoms. The third kappa shape index (κ3) is 5.45. The number of aromatic nitrogens is 2. The number of nitrogens with zero attached hydrogens (tertiary/aromatic N) is 2. The molecule has 1 heterocycles. The third-order valence-corrected chi connectivity index (χ3v) is 5.54. The van der Waals surface area contributed by atoms with Crippen LogP contribution in [-0.4, -0.2) is 30.5 Å². The van der Waals surface area contributed by atoms with Gasteiger partial charge in [-0.05, 0) is 48.7 Å². The Hall–Kier alpha value is -3.13. The van der Waals surface area contributed by atoms with Gasteiger partial charge in [-0.15, -0.1) is 0 Å². The Morgan fingerprint density at radius 2 is 1.69 bits per heavy atom. The van der Waals surface area contributed by atoms with Gasteiger partial charge in [0.15, 0.2) is 15.7 Å². The molecule has 0 radical (unpaired) electrons. The van der Waals surface area contributed by atoms with Gasteiger partial charge in [-0.1, -0.05) is 24.3 Å². The molecule has 6 nitrogen and oxygen atoms in total. The number of halogens is 1. The molecule has 0 saturated heterocycles. The van der Waals surface area contributed by atoms with Crippen molar-refractivity contribution in [1.82, 2.24) is 9.97 Å². The fraction of sp³-hybridized carbons (Fsp3) is 0.190. The van der Waals surface area contributed by atoms with E-state index in [0.29, 0.717) is 17.8 Å². The molecule has 1 atom stereocenters. The lowest BCUT2D eigenvalue weighted by molar-refractivity contribution is -0.117. The van der Waals surface area contributed by atoms with E-state index in [1.165, 1.54) is 30.5 Å². The minimum absolute atomic E-state index is 0.173. The van der Waals surface area contributed by atoms with Crippen molar-refractivity contribution in [3.8, 4) is 0 Å². The Morgan fingerprint density at radius 1 is 1.03 bits per heavy atom. The van der Waals surface area contributed by atoms with E-state index in [1.807, 2.05) is 0 Å². The van der Waals surface area contributed by atoms with Crippen LogP contribution in [0.3, 0.4) is 0 Å². The van der Waals surface area contributed by atoms with E-state index in [1.54, 1.807) is 37.4 Å². The van der Waals surface area contributed by atoms with Gasteiger partial charge >= 0.3 is 0 Å². The van der Waals surface area contributed by atoms with E-state index in [0.717, 1.165) is 17.5 Å². The first-order chi connectivity index (χ1) is 13.7. The quantitative estimate of drug-likeness (QED) is 0.670. The number of carbonyl (C=O) groups is 1. The molecule has 0 aliphatic heterocycles. The highest BCUT2D eigenvalue weighted by atomic mass is 32.2. The average Bonchev–Trinajstić information content (AvgIpc) is 2.68. The van der Waals surface area contributed by atoms with Gasteiger partial charge < -0.3 is 5.32 Å². The maximum atomic E-state index is 13.2. The molecule has 29 heavy (non-hydrogen) atoms. The Balaban J connectivity index is 1.90. The number of sulfone groups is 1. The lowest BCUT2D eigenvalue weighted by Gasteiger charge is -2.17. The van der Waals surface area contributed by atoms with Crippen molar-refractivity contribution in [3.63, 3.8) is 0 Å². The molecule has 2 aromatic carbocycles. The highest BCUT2D eigenvalue weighted by Gasteiger charge is 2.22. The summed E-state index contributed by atoms with van der Waals surface area (Å²) >= 11 is 0. The molecule has 0 fully saturated rings. The standard InChI is InChI=1S/C21H20FN3O3S/c1-14-12-24-20(13-23-14)25-21(26)19(11-15-3-7-17(22)8-4-15)16-5-9-18(10-6-16)29(2,27)28/h3-10,12-13,19H,11H2,1-2H3,(H,24,25,26). The maximum absolute atomic E-state index is 13.2. The number of amides is 1. The Morgan fingerprint density at radius 3 is 2.24 bits per heavy atom. The zero-order valence-corrected chi connectivity index (χ0v) is 16.8. The van der Waals surface area contributed by atoms with Crippen LogP contribution in [-0.2, 0) is 21.1 Å². The second-order valence-corrected chi connectivity index (χ2v) is 8.77. The topological polar surface area (TPSA) is 89.0 Å². The van der Waals surface area contributed by atoms with Crippen LogP contribution >= 0.6 is 0 Å². The summed E-state index contributed by atoms with van der Waals surface area (Å²) in [7, 11) is -3.34. The van der Waals surface area contributed by atoms with Crippen molar-refractivity contribution >= 4 is 21.6 Å². The summed E-state index contributed by atoms with van der Waals surface area (Å²) in [6.07, 6.45) is 4.45. The second-order valence-electron chi connectivity index (χ2n) is 6.76. The van der Waals surface area contributed by atoms with Crippen molar-refractivity contribution in [2.75, 3.05) is 11.6 Å². The van der Waals surface area contributed by atoms with Crippen molar-refractivity contribution < 1.29 is 17.6 Å². The molecule has 1 amide bonds. The molecule has 0 saturated carbocycles. The molecule has 1 aromatic heterocycles. The van der Waals surface area contributed by atoms with Crippen LogP contribution in [0.15, 0.2) is 65.8 Å². The fourth-order valence-electron chi connectivity index (χ4n) is 2.84. The summed E-state index contributed by atoms with van der Waals surface area (Å²) in [6, 6.07) is 12.1. The van der Waals surface area contributed by atoms with E-state index >= 15 is 0 Å². The largest absolute Gasteiger partial charge is 0.309 e. The van der Waals surface area contributed by atoms with Gasteiger partial charge in [0.1, 0.15) is 5.82 Å². The first kappa shape index (κ1) is 20.6. The van der Waals surface area contributed by atoms with Crippen LogP contribution in [0.5, 0.6) is 0 Å². The monoisotopic (exact) mass is 413 g/mol. The number of anilines is 1. The number of hydrogen-bond donors (Lipinski definition) is 1. The molecule has 0 spiro atoms. The molecule has 0 aliphatic carbocycles. The predicted octanol–water partition coefficient (Wildman–Crippen LogP) is 3.29. The first-order valence-electron chi connectivity index (χ1n) is 8.86. The van der Waals surface area contributed by atoms with Gasteiger partial charge in [-0.2, -0.15) is 0 Å². The predicted molar refractivity (Wildman–Crippen MR) is 108 cm³/mol. The number of benzene rings is 2. The molecule has 3 aromatic rings. The fourth-order valence-corrected chi connectivity index (χ4v) is 3.47. The van der Waals surface area contributed by atoms with Crippen molar-refractivity contribution in [2.45, 2.75) is 24.2 Å². The average molecular weight is 413 g/mol. The van der Waals surface area contributed by atoms with E-state index in [4.69, 9.17) is 0 Å². The summed E-state index contributed by atoms with van der Waals surface area (Å²) < 4.78 is 36.6. The summed E-state index contributed by atoms with van der Waals surface area (Å²) in [6.45, 7) is 1.79. The van der Waals surface area contributed by atoms with E-state index in [-0.39, 0.29) is 16.6 Å². The number of hydrogen-bond acceptors (Lipinski definition) is 5. The summed E-state index contributed by atoms with van der Waals surface area (Å²) in [5.74, 6) is -0.989. The van der Waals surface area contributed by atoms with Crippen molar-refractivity contribution in [2.24, 2.45) is 0 Å². The number of rotatable bonds is 6. The SMILES string of the molecule is Cc1cnc(NC(=O)C(Cc2ccc(F)cc2)c2ccc(S(C)(=O)=O)cc2)cn1. The summed E-state index contributed by atoms with van der Waals surface area (Å²) in [4.78, 5) is 21.4. The van der Waals surface area contributed by atoms with Crippen molar-refractivity contribution in [3.05, 3.63) is 83.6 Å². The molecular weight excluding hydrogens is 393 g/mol. The Bertz CT molecular complexity index is 1100. The van der Waals surface area contributed by atoms with Crippen LogP contribution in [0.2, 0.25) is 0 Å². The van der Waals surface area contributed by atoms with Gasteiger partial charge in [0.2, 0.25) is 5.91 Å². The van der Waals surface area contributed by atoms with E-state index < -0.39 is 15.8 Å². The van der Waals surface area contributed by atoms with Gasteiger partial charge in [-0.3, -0.25) is 9.78 Å². The minimum atomic E-state index is -3.34. The van der Waals surface area contributed by atoms with Crippen LogP contribution in [0.1, 0.15) is 22.7 Å². The number of nitrogens with one attached hydrogen (secondary N) is 1. The van der Waals surface area contributed by atoms with E-state index in [2.05, 4.69) is 15.3 Å². The number of carbonyl (C=O) groups excluding carboxylic acids is 1. The zero-order chi connectivity index (χ0) is 21.0. The highest BCUT2D eigenvalue weighted by molar-refractivity contribution is 7.90. The Labute approximate surface area is 168 Å². The highest BCUT2D eigenvalue weighted by Crippen LogP contribution is 2.24. The van der Waals surface area contributed by atoms with Crippen LogP contribution in [0.4, 0.5) is 10.2 Å². The maximum Gasteiger partial charge on any atom is 0.233 e. The lowest BCUT2D eigenvalue weighted by atomic mass is 9.91. The molecular formula is C21H20FN3O3S. The summed E-state index contributed by atoms with van der Waals surface area (Å²) in [5, 5.41) is 2.74. The lowest BCUT2D eigenvalue weighted by Crippen LogP contribution is -2.23. The van der Waals surface area contributed by atoms with Crippen LogP contribution < -0.4 is 5.32 Å². The smallest absolute Gasteiger partial charge is 0.233 e. The molecule has 0 aliphatic rings. The van der Waals surface area contributed by atoms with Crippen molar-refractivity contribution in [1.29, 1.82) is 0 Å². The third-order valence-electron chi connectivity index (χ3n) is 4.41. The number of aryl methyl sites for hydroxylation is 1. The Kier molecular flexibility index (Phi) is 6.03. The minimum Gasteiger partial charge on any atom is -0.309 e. The molecule has 150 valence electrons. The molecule has 1 N–H and O–H groups in total. The molecule has 3 rings (SSSR count). The van der Waals surface area contributed by atoms with E-state index in [9.17, 15) is 17.6 Å². The van der Waals surface area contributed by atoms with Crippen LogP contribution in [0.25, 0.3) is 0 Å². The second kappa shape index (κ2) is 8.48. The first-order valence-corrected chi connectivity index (χ1v) is 10.8. The van der Waals surface area contributed by atoms with Gasteiger partial charge in [0.05, 0.1) is 28.9 Å². The van der Waals surface area contributed by atoms with Gasteiger partial charge in [0.25, 0.3) is 0 Å². The molecule has 1 unspecified atom stereocenters. The zero-order valence-electron chi connectivity index (χ0n) is 16.0. The normalized spacial score (nSPS) is 12.4. The molecule has 8 heteroatoms.